The molecule has 0 radical (unpaired) electrons. The normalized spacial score (nSPS) is 18.4. The highest BCUT2D eigenvalue weighted by Gasteiger charge is 2.18. The summed E-state index contributed by atoms with van der Waals surface area (Å²) in [5, 5.41) is 7.94. The molecule has 2 aromatic rings. The van der Waals surface area contributed by atoms with Crippen LogP contribution in [0.3, 0.4) is 0 Å². The van der Waals surface area contributed by atoms with Gasteiger partial charge in [-0.15, -0.1) is 0 Å². The van der Waals surface area contributed by atoms with Crippen LogP contribution in [0.4, 0.5) is 5.82 Å². The van der Waals surface area contributed by atoms with Crippen LogP contribution in [-0.2, 0) is 4.74 Å². The Labute approximate surface area is 160 Å². The van der Waals surface area contributed by atoms with Gasteiger partial charge in [0.15, 0.2) is 0 Å². The van der Waals surface area contributed by atoms with Gasteiger partial charge in [-0.25, -0.2) is 4.98 Å². The minimum absolute atomic E-state index is 0.407. The first-order chi connectivity index (χ1) is 13.1. The number of carbonyl (C=O) groups excluding carboxylic acids is 1. The highest BCUT2D eigenvalue weighted by molar-refractivity contribution is 6.01. The quantitative estimate of drug-likeness (QED) is 0.665. The zero-order chi connectivity index (χ0) is 19.2. The third kappa shape index (κ3) is 5.17. The lowest BCUT2D eigenvalue weighted by Crippen LogP contribution is -2.43. The summed E-state index contributed by atoms with van der Waals surface area (Å²) in [5.74, 6) is 0.104. The van der Waals surface area contributed by atoms with Gasteiger partial charge < -0.3 is 21.1 Å². The van der Waals surface area contributed by atoms with Crippen LogP contribution in [0.5, 0.6) is 0 Å². The molecule has 0 aliphatic carbocycles. The zero-order valence-corrected chi connectivity index (χ0v) is 16.3. The summed E-state index contributed by atoms with van der Waals surface area (Å²) >= 11 is 0. The highest BCUT2D eigenvalue weighted by Crippen LogP contribution is 2.21. The first-order valence-corrected chi connectivity index (χ1v) is 9.85. The third-order valence-electron chi connectivity index (χ3n) is 5.15. The van der Waals surface area contributed by atoms with Crippen LogP contribution >= 0.6 is 0 Å². The lowest BCUT2D eigenvalue weighted by Gasteiger charge is -2.28. The number of hydrogen-bond acceptors (Lipinski definition) is 5. The Bertz CT molecular complexity index is 787. The van der Waals surface area contributed by atoms with Crippen molar-refractivity contribution < 1.29 is 9.53 Å². The van der Waals surface area contributed by atoms with E-state index in [0.29, 0.717) is 23.5 Å². The molecule has 1 aromatic heterocycles. The van der Waals surface area contributed by atoms with Crippen molar-refractivity contribution >= 4 is 22.6 Å². The molecule has 27 heavy (non-hydrogen) atoms. The fraction of sp³-hybridized carbons (Fsp3) is 0.524. The summed E-state index contributed by atoms with van der Waals surface area (Å²) in [7, 11) is 0. The Kier molecular flexibility index (Phi) is 6.63. The molecule has 6 heteroatoms. The van der Waals surface area contributed by atoms with Crippen LogP contribution < -0.4 is 16.4 Å². The second kappa shape index (κ2) is 9.15. The summed E-state index contributed by atoms with van der Waals surface area (Å²) in [5.41, 5.74) is 8.01. The van der Waals surface area contributed by atoms with Gasteiger partial charge in [0.2, 0.25) is 0 Å². The average Bonchev–Trinajstić information content (AvgIpc) is 2.67. The van der Waals surface area contributed by atoms with Crippen molar-refractivity contribution in [3.05, 3.63) is 35.4 Å². The Morgan fingerprint density at radius 2 is 2.26 bits per heavy atom. The molecule has 1 aliphatic heterocycles. The molecular formula is C21H30N4O2. The highest BCUT2D eigenvalue weighted by atomic mass is 16.5. The number of nitrogens with zero attached hydrogens (tertiary/aromatic N) is 1. The van der Waals surface area contributed by atoms with Gasteiger partial charge >= 0.3 is 0 Å². The summed E-state index contributed by atoms with van der Waals surface area (Å²) in [6.45, 7) is 6.60. The number of nitrogens with one attached hydrogen (secondary N) is 2. The average molecular weight is 370 g/mol. The first-order valence-electron chi connectivity index (χ1n) is 9.85. The number of benzene rings is 1. The Balaban J connectivity index is 1.65. The van der Waals surface area contributed by atoms with Crippen LogP contribution in [0.15, 0.2) is 24.3 Å². The van der Waals surface area contributed by atoms with Crippen molar-refractivity contribution in [2.45, 2.75) is 51.6 Å². The predicted octanol–water partition coefficient (Wildman–Crippen LogP) is 2.99. The number of ether oxygens (including phenoxy) is 1. The van der Waals surface area contributed by atoms with Gasteiger partial charge in [0.25, 0.3) is 5.91 Å². The number of anilines is 1. The SMILES string of the molecule is CCC(CCNc1nc2ccc(C)cc2cc1C(N)=O)NC1CCCOC1. The zero-order valence-electron chi connectivity index (χ0n) is 16.3. The van der Waals surface area contributed by atoms with E-state index in [4.69, 9.17) is 10.5 Å². The number of hydrogen-bond donors (Lipinski definition) is 3. The van der Waals surface area contributed by atoms with E-state index < -0.39 is 5.91 Å². The monoisotopic (exact) mass is 370 g/mol. The maximum atomic E-state index is 11.9. The van der Waals surface area contributed by atoms with E-state index in [-0.39, 0.29) is 0 Å². The largest absolute Gasteiger partial charge is 0.380 e. The van der Waals surface area contributed by atoms with Crippen molar-refractivity contribution in [2.75, 3.05) is 25.1 Å². The molecule has 2 unspecified atom stereocenters. The molecule has 4 N–H and O–H groups in total. The second-order valence-corrected chi connectivity index (χ2v) is 7.35. The Hall–Kier alpha value is -2.18. The predicted molar refractivity (Wildman–Crippen MR) is 109 cm³/mol. The molecule has 1 amide bonds. The van der Waals surface area contributed by atoms with Crippen LogP contribution in [0, 0.1) is 6.92 Å². The fourth-order valence-corrected chi connectivity index (χ4v) is 3.59. The molecule has 2 atom stereocenters. The fourth-order valence-electron chi connectivity index (χ4n) is 3.59. The molecule has 1 aromatic carbocycles. The number of pyridine rings is 1. The lowest BCUT2D eigenvalue weighted by atomic mass is 10.1. The molecular weight excluding hydrogens is 340 g/mol. The number of rotatable bonds is 8. The Morgan fingerprint density at radius 3 is 2.96 bits per heavy atom. The van der Waals surface area contributed by atoms with Gasteiger partial charge in [0, 0.05) is 30.6 Å². The van der Waals surface area contributed by atoms with E-state index in [1.165, 1.54) is 6.42 Å². The van der Waals surface area contributed by atoms with Crippen molar-refractivity contribution in [3.8, 4) is 0 Å². The number of amides is 1. The molecule has 146 valence electrons. The van der Waals surface area contributed by atoms with Gasteiger partial charge in [-0.2, -0.15) is 0 Å². The summed E-state index contributed by atoms with van der Waals surface area (Å²) in [4.78, 5) is 16.5. The number of fused-ring (bicyclic) bond motifs is 1. The van der Waals surface area contributed by atoms with Crippen LogP contribution in [0.25, 0.3) is 10.9 Å². The first kappa shape index (κ1) is 19.6. The summed E-state index contributed by atoms with van der Waals surface area (Å²) in [6, 6.07) is 8.68. The molecule has 1 saturated heterocycles. The number of aryl methyl sites for hydroxylation is 1. The van der Waals surface area contributed by atoms with Gasteiger partial charge in [-0.05, 0) is 50.8 Å². The van der Waals surface area contributed by atoms with E-state index in [0.717, 1.165) is 55.5 Å². The van der Waals surface area contributed by atoms with Crippen molar-refractivity contribution in [1.29, 1.82) is 0 Å². The van der Waals surface area contributed by atoms with Gasteiger partial charge in [-0.1, -0.05) is 18.6 Å². The van der Waals surface area contributed by atoms with E-state index >= 15 is 0 Å². The molecule has 3 rings (SSSR count). The smallest absolute Gasteiger partial charge is 0.252 e. The number of primary amides is 1. The molecule has 1 aliphatic rings. The maximum absolute atomic E-state index is 11.9. The number of carbonyl (C=O) groups is 1. The standard InChI is InChI=1S/C21H30N4O2/c1-3-16(24-17-5-4-10-27-13-17)8-9-23-21-18(20(22)26)12-15-11-14(2)6-7-19(15)25-21/h6-7,11-12,16-17,24H,3-5,8-10,13H2,1-2H3,(H2,22,26)(H,23,25). The molecule has 2 heterocycles. The third-order valence-corrected chi connectivity index (χ3v) is 5.15. The van der Waals surface area contributed by atoms with Crippen LogP contribution in [0.2, 0.25) is 0 Å². The molecule has 6 nitrogen and oxygen atoms in total. The van der Waals surface area contributed by atoms with E-state index in [2.05, 4.69) is 22.5 Å². The van der Waals surface area contributed by atoms with Crippen molar-refractivity contribution in [1.82, 2.24) is 10.3 Å². The number of aromatic nitrogens is 1. The topological polar surface area (TPSA) is 89.3 Å². The van der Waals surface area contributed by atoms with Gasteiger partial charge in [-0.3, -0.25) is 4.79 Å². The molecule has 0 bridgehead atoms. The van der Waals surface area contributed by atoms with Gasteiger partial charge in [0.1, 0.15) is 5.82 Å². The second-order valence-electron chi connectivity index (χ2n) is 7.35. The minimum atomic E-state index is -0.460. The summed E-state index contributed by atoms with van der Waals surface area (Å²) < 4.78 is 5.55. The Morgan fingerprint density at radius 1 is 1.41 bits per heavy atom. The minimum Gasteiger partial charge on any atom is -0.380 e. The molecule has 1 fully saturated rings. The van der Waals surface area contributed by atoms with Crippen LogP contribution in [0.1, 0.15) is 48.5 Å². The van der Waals surface area contributed by atoms with Crippen LogP contribution in [-0.4, -0.2) is 42.7 Å². The molecule has 0 saturated carbocycles. The summed E-state index contributed by atoms with van der Waals surface area (Å²) in [6.07, 6.45) is 4.28. The van der Waals surface area contributed by atoms with Crippen molar-refractivity contribution in [3.63, 3.8) is 0 Å². The van der Waals surface area contributed by atoms with E-state index in [9.17, 15) is 4.79 Å². The van der Waals surface area contributed by atoms with E-state index in [1.54, 1.807) is 0 Å². The lowest BCUT2D eigenvalue weighted by molar-refractivity contribution is 0.0658. The van der Waals surface area contributed by atoms with Crippen molar-refractivity contribution in [2.24, 2.45) is 5.73 Å². The maximum Gasteiger partial charge on any atom is 0.252 e. The van der Waals surface area contributed by atoms with Gasteiger partial charge in [0.05, 0.1) is 17.7 Å². The molecule has 0 spiro atoms. The number of nitrogens with two attached hydrogens (primary N) is 1. The van der Waals surface area contributed by atoms with E-state index in [1.807, 2.05) is 31.2 Å².